The molecular weight excluding hydrogens is 308 g/mol. The van der Waals surface area contributed by atoms with Crippen LogP contribution < -0.4 is 10.6 Å². The molecule has 1 aromatic carbocycles. The third-order valence-electron chi connectivity index (χ3n) is 3.94. The van der Waals surface area contributed by atoms with Crippen LogP contribution in [-0.2, 0) is 11.2 Å². The maximum absolute atomic E-state index is 12.4. The van der Waals surface area contributed by atoms with E-state index in [0.29, 0.717) is 4.88 Å². The molecule has 0 unspecified atom stereocenters. The summed E-state index contributed by atoms with van der Waals surface area (Å²) in [4.78, 5) is 24.9. The van der Waals surface area contributed by atoms with Crippen LogP contribution in [0.15, 0.2) is 30.3 Å². The normalized spacial score (nSPS) is 13.7. The van der Waals surface area contributed by atoms with Crippen molar-refractivity contribution >= 4 is 33.8 Å². The molecule has 2 N–H and O–H groups in total. The Balaban J connectivity index is 1.68. The van der Waals surface area contributed by atoms with E-state index in [1.54, 1.807) is 0 Å². The summed E-state index contributed by atoms with van der Waals surface area (Å²) in [7, 11) is 0. The Kier molecular flexibility index (Phi) is 4.48. The smallest absolute Gasteiger partial charge is 0.266 e. The number of benzene rings is 1. The third kappa shape index (κ3) is 3.79. The van der Waals surface area contributed by atoms with E-state index in [4.69, 9.17) is 0 Å². The van der Waals surface area contributed by atoms with Crippen LogP contribution in [-0.4, -0.2) is 11.8 Å². The molecule has 23 heavy (non-hydrogen) atoms. The molecule has 1 aromatic heterocycles. The highest BCUT2D eigenvalue weighted by Gasteiger charge is 2.30. The Labute approximate surface area is 139 Å². The highest BCUT2D eigenvalue weighted by Crippen LogP contribution is 2.33. The number of aryl methyl sites for hydroxylation is 2. The maximum Gasteiger partial charge on any atom is 0.266 e. The van der Waals surface area contributed by atoms with E-state index in [1.165, 1.54) is 16.9 Å². The van der Waals surface area contributed by atoms with Gasteiger partial charge < -0.3 is 10.6 Å². The molecule has 0 bridgehead atoms. The van der Waals surface area contributed by atoms with Crippen LogP contribution in [0.2, 0.25) is 0 Å². The van der Waals surface area contributed by atoms with Gasteiger partial charge in [-0.25, -0.2) is 0 Å². The van der Waals surface area contributed by atoms with Crippen LogP contribution in [0.3, 0.4) is 0 Å². The molecular formula is C18H20N2O2S. The van der Waals surface area contributed by atoms with Crippen molar-refractivity contribution in [1.82, 2.24) is 0 Å². The van der Waals surface area contributed by atoms with Gasteiger partial charge in [-0.2, -0.15) is 0 Å². The average Bonchev–Trinajstić information content (AvgIpc) is 3.32. The third-order valence-corrected chi connectivity index (χ3v) is 5.09. The van der Waals surface area contributed by atoms with Gasteiger partial charge in [-0.1, -0.05) is 19.1 Å². The van der Waals surface area contributed by atoms with Crippen molar-refractivity contribution in [3.05, 3.63) is 46.3 Å². The minimum absolute atomic E-state index is 0.0633. The number of carbonyl (C=O) groups is 2. The van der Waals surface area contributed by atoms with Gasteiger partial charge in [-0.15, -0.1) is 11.3 Å². The molecule has 0 saturated heterocycles. The van der Waals surface area contributed by atoms with Gasteiger partial charge >= 0.3 is 0 Å². The summed E-state index contributed by atoms with van der Waals surface area (Å²) in [5.41, 5.74) is 2.90. The number of hydrogen-bond donors (Lipinski definition) is 2. The van der Waals surface area contributed by atoms with Crippen molar-refractivity contribution in [2.75, 3.05) is 10.6 Å². The van der Waals surface area contributed by atoms with Gasteiger partial charge in [-0.05, 0) is 55.5 Å². The molecule has 3 rings (SSSR count). The molecule has 120 valence electrons. The monoisotopic (exact) mass is 328 g/mol. The van der Waals surface area contributed by atoms with Gasteiger partial charge in [0.2, 0.25) is 5.91 Å². The first kappa shape index (κ1) is 15.7. The number of nitrogens with one attached hydrogen (secondary N) is 2. The largest absolute Gasteiger partial charge is 0.321 e. The Bertz CT molecular complexity index is 730. The Morgan fingerprint density at radius 3 is 2.48 bits per heavy atom. The van der Waals surface area contributed by atoms with Crippen LogP contribution in [0.5, 0.6) is 0 Å². The van der Waals surface area contributed by atoms with E-state index in [-0.39, 0.29) is 17.7 Å². The minimum atomic E-state index is -0.135. The molecule has 0 spiro atoms. The lowest BCUT2D eigenvalue weighted by molar-refractivity contribution is -0.117. The van der Waals surface area contributed by atoms with Crippen molar-refractivity contribution < 1.29 is 9.59 Å². The van der Waals surface area contributed by atoms with Gasteiger partial charge in [0.1, 0.15) is 0 Å². The van der Waals surface area contributed by atoms with E-state index in [1.807, 2.05) is 37.3 Å². The summed E-state index contributed by atoms with van der Waals surface area (Å²) < 4.78 is 0. The Hall–Kier alpha value is -2.14. The lowest BCUT2D eigenvalue weighted by Crippen LogP contribution is -2.12. The minimum Gasteiger partial charge on any atom is -0.321 e. The van der Waals surface area contributed by atoms with Crippen molar-refractivity contribution in [2.24, 2.45) is 5.92 Å². The van der Waals surface area contributed by atoms with Crippen molar-refractivity contribution in [3.63, 3.8) is 0 Å². The summed E-state index contributed by atoms with van der Waals surface area (Å²) >= 11 is 1.32. The predicted molar refractivity (Wildman–Crippen MR) is 94.2 cm³/mol. The molecule has 1 heterocycles. The molecule has 0 atom stereocenters. The van der Waals surface area contributed by atoms with Gasteiger partial charge in [0.25, 0.3) is 5.91 Å². The van der Waals surface area contributed by atoms with Gasteiger partial charge in [0.05, 0.1) is 9.88 Å². The maximum atomic E-state index is 12.4. The zero-order valence-corrected chi connectivity index (χ0v) is 14.1. The average molecular weight is 328 g/mol. The number of amides is 2. The van der Waals surface area contributed by atoms with Crippen LogP contribution in [0, 0.1) is 12.8 Å². The van der Waals surface area contributed by atoms with E-state index in [9.17, 15) is 9.59 Å². The number of anilines is 2. The predicted octanol–water partition coefficient (Wildman–Crippen LogP) is 4.22. The zero-order valence-electron chi connectivity index (χ0n) is 13.3. The number of thiophene rings is 1. The highest BCUT2D eigenvalue weighted by molar-refractivity contribution is 7.18. The quantitative estimate of drug-likeness (QED) is 0.863. The van der Waals surface area contributed by atoms with Gasteiger partial charge in [-0.3, -0.25) is 9.59 Å². The number of hydrogen-bond acceptors (Lipinski definition) is 3. The fraction of sp³-hybridized carbons (Fsp3) is 0.333. The highest BCUT2D eigenvalue weighted by atomic mass is 32.1. The second-order valence-corrected chi connectivity index (χ2v) is 6.94. The molecule has 2 amide bonds. The van der Waals surface area contributed by atoms with Crippen molar-refractivity contribution in [2.45, 2.75) is 33.1 Å². The van der Waals surface area contributed by atoms with Crippen LogP contribution in [0.25, 0.3) is 0 Å². The molecule has 1 aliphatic rings. The van der Waals surface area contributed by atoms with E-state index < -0.39 is 0 Å². The first-order valence-electron chi connectivity index (χ1n) is 7.88. The molecule has 1 fully saturated rings. The molecule has 1 aliphatic carbocycles. The molecule has 5 heteroatoms. The number of carbonyl (C=O) groups excluding carboxylic acids is 2. The summed E-state index contributed by atoms with van der Waals surface area (Å²) in [5.74, 6) is 0.0868. The molecule has 4 nitrogen and oxygen atoms in total. The van der Waals surface area contributed by atoms with Crippen LogP contribution >= 0.6 is 11.3 Å². The van der Waals surface area contributed by atoms with Crippen molar-refractivity contribution in [3.8, 4) is 0 Å². The summed E-state index contributed by atoms with van der Waals surface area (Å²) in [6.45, 7) is 3.98. The molecule has 0 aliphatic heterocycles. The van der Waals surface area contributed by atoms with Gasteiger partial charge in [0.15, 0.2) is 0 Å². The lowest BCUT2D eigenvalue weighted by atomic mass is 10.1. The first-order chi connectivity index (χ1) is 11.1. The molecule has 2 aromatic rings. The standard InChI is InChI=1S/C18H20N2O2S/c1-3-12-4-8-14(9-5-12)19-18(22)16-11(2)10-15(23-16)20-17(21)13-6-7-13/h4-5,8-10,13H,3,6-7H2,1-2H3,(H,19,22)(H,20,21). The first-order valence-corrected chi connectivity index (χ1v) is 8.70. The fourth-order valence-electron chi connectivity index (χ4n) is 2.35. The Morgan fingerprint density at radius 2 is 1.87 bits per heavy atom. The topological polar surface area (TPSA) is 58.2 Å². The van der Waals surface area contributed by atoms with E-state index in [2.05, 4.69) is 17.6 Å². The number of rotatable bonds is 5. The van der Waals surface area contributed by atoms with Crippen molar-refractivity contribution in [1.29, 1.82) is 0 Å². The Morgan fingerprint density at radius 1 is 1.17 bits per heavy atom. The lowest BCUT2D eigenvalue weighted by Gasteiger charge is -2.05. The molecule has 1 saturated carbocycles. The second-order valence-electron chi connectivity index (χ2n) is 5.89. The summed E-state index contributed by atoms with van der Waals surface area (Å²) in [6.07, 6.45) is 2.91. The molecule has 0 radical (unpaired) electrons. The van der Waals surface area contributed by atoms with Crippen LogP contribution in [0.1, 0.15) is 40.6 Å². The summed E-state index contributed by atoms with van der Waals surface area (Å²) in [6, 6.07) is 9.71. The zero-order chi connectivity index (χ0) is 16.4. The van der Waals surface area contributed by atoms with Gasteiger partial charge in [0, 0.05) is 11.6 Å². The van der Waals surface area contributed by atoms with E-state index >= 15 is 0 Å². The fourth-order valence-corrected chi connectivity index (χ4v) is 3.32. The van der Waals surface area contributed by atoms with Crippen LogP contribution in [0.4, 0.5) is 10.7 Å². The second kappa shape index (κ2) is 6.54. The SMILES string of the molecule is CCc1ccc(NC(=O)c2sc(NC(=O)C3CC3)cc2C)cc1. The summed E-state index contributed by atoms with van der Waals surface area (Å²) in [5, 5.41) is 6.55. The van der Waals surface area contributed by atoms with E-state index in [0.717, 1.165) is 35.5 Å².